The summed E-state index contributed by atoms with van der Waals surface area (Å²) in [5, 5.41) is 6.46. The molecule has 1 saturated heterocycles. The SMILES string of the molecule is CC1(C)CC(=O)N(Cc2cn[nH]c2)C(=O)C1. The van der Waals surface area contributed by atoms with Gasteiger partial charge in [-0.25, -0.2) is 0 Å². The Hall–Kier alpha value is -1.65. The first-order chi connectivity index (χ1) is 7.48. The van der Waals surface area contributed by atoms with Gasteiger partial charge in [0.15, 0.2) is 0 Å². The number of rotatable bonds is 2. The van der Waals surface area contributed by atoms with E-state index in [1.165, 1.54) is 4.90 Å². The first-order valence-electron chi connectivity index (χ1n) is 5.29. The smallest absolute Gasteiger partial charge is 0.230 e. The highest BCUT2D eigenvalue weighted by atomic mass is 16.2. The number of aromatic amines is 1. The van der Waals surface area contributed by atoms with E-state index in [9.17, 15) is 9.59 Å². The molecule has 0 spiro atoms. The summed E-state index contributed by atoms with van der Waals surface area (Å²) in [5.41, 5.74) is 0.641. The molecule has 2 heterocycles. The molecule has 86 valence electrons. The fourth-order valence-corrected chi connectivity index (χ4v) is 1.93. The number of nitrogens with zero attached hydrogens (tertiary/aromatic N) is 2. The van der Waals surface area contributed by atoms with Gasteiger partial charge in [0, 0.05) is 24.6 Å². The molecular weight excluding hydrogens is 206 g/mol. The molecule has 0 bridgehead atoms. The molecule has 0 aromatic carbocycles. The minimum Gasteiger partial charge on any atom is -0.285 e. The summed E-state index contributed by atoms with van der Waals surface area (Å²) in [6.07, 6.45) is 4.17. The third-order valence-corrected chi connectivity index (χ3v) is 2.76. The fourth-order valence-electron chi connectivity index (χ4n) is 1.93. The van der Waals surface area contributed by atoms with Crippen molar-refractivity contribution in [3.05, 3.63) is 18.0 Å². The van der Waals surface area contributed by atoms with E-state index in [1.807, 2.05) is 13.8 Å². The van der Waals surface area contributed by atoms with Crippen LogP contribution in [0.1, 0.15) is 32.3 Å². The van der Waals surface area contributed by atoms with E-state index in [4.69, 9.17) is 0 Å². The highest BCUT2D eigenvalue weighted by Gasteiger charge is 2.37. The third-order valence-electron chi connectivity index (χ3n) is 2.76. The average molecular weight is 221 g/mol. The van der Waals surface area contributed by atoms with Crippen molar-refractivity contribution in [2.75, 3.05) is 0 Å². The van der Waals surface area contributed by atoms with Crippen molar-refractivity contribution in [1.29, 1.82) is 0 Å². The summed E-state index contributed by atoms with van der Waals surface area (Å²) >= 11 is 0. The number of H-pyrrole nitrogens is 1. The van der Waals surface area contributed by atoms with E-state index in [-0.39, 0.29) is 17.2 Å². The molecule has 0 unspecified atom stereocenters. The van der Waals surface area contributed by atoms with E-state index in [0.717, 1.165) is 5.56 Å². The van der Waals surface area contributed by atoms with Crippen LogP contribution in [0.3, 0.4) is 0 Å². The van der Waals surface area contributed by atoms with Gasteiger partial charge >= 0.3 is 0 Å². The Balaban J connectivity index is 2.11. The fraction of sp³-hybridized carbons (Fsp3) is 0.545. The lowest BCUT2D eigenvalue weighted by Crippen LogP contribution is -2.45. The van der Waals surface area contributed by atoms with E-state index < -0.39 is 0 Å². The third kappa shape index (κ3) is 2.13. The van der Waals surface area contributed by atoms with Crippen molar-refractivity contribution in [3.63, 3.8) is 0 Å². The minimum atomic E-state index is -0.207. The first kappa shape index (κ1) is 10.9. The van der Waals surface area contributed by atoms with Crippen molar-refractivity contribution in [2.45, 2.75) is 33.2 Å². The van der Waals surface area contributed by atoms with Gasteiger partial charge < -0.3 is 0 Å². The number of nitrogens with one attached hydrogen (secondary N) is 1. The number of imide groups is 1. The molecule has 1 N–H and O–H groups in total. The molecule has 0 saturated carbocycles. The number of likely N-dealkylation sites (tertiary alicyclic amines) is 1. The number of hydrogen-bond acceptors (Lipinski definition) is 3. The molecule has 1 aromatic rings. The van der Waals surface area contributed by atoms with Crippen LogP contribution in [-0.2, 0) is 16.1 Å². The number of piperidine rings is 1. The molecule has 5 heteroatoms. The maximum Gasteiger partial charge on any atom is 0.230 e. The molecule has 1 aliphatic heterocycles. The summed E-state index contributed by atoms with van der Waals surface area (Å²) in [4.78, 5) is 25.0. The van der Waals surface area contributed by atoms with Crippen LogP contribution in [0, 0.1) is 5.41 Å². The maximum atomic E-state index is 11.8. The monoisotopic (exact) mass is 221 g/mol. The number of carbonyl (C=O) groups is 2. The Bertz CT molecular complexity index is 389. The Morgan fingerprint density at radius 3 is 2.50 bits per heavy atom. The lowest BCUT2D eigenvalue weighted by Gasteiger charge is -2.34. The molecule has 1 aliphatic rings. The van der Waals surface area contributed by atoms with Crippen molar-refractivity contribution in [2.24, 2.45) is 5.41 Å². The normalized spacial score (nSPS) is 20.2. The second-order valence-electron chi connectivity index (χ2n) is 5.00. The molecular formula is C11H15N3O2. The number of aromatic nitrogens is 2. The molecule has 5 nitrogen and oxygen atoms in total. The highest BCUT2D eigenvalue weighted by molar-refractivity contribution is 5.98. The zero-order valence-corrected chi connectivity index (χ0v) is 9.49. The summed E-state index contributed by atoms with van der Waals surface area (Å²) in [5.74, 6) is -0.190. The largest absolute Gasteiger partial charge is 0.285 e. The summed E-state index contributed by atoms with van der Waals surface area (Å²) in [6, 6.07) is 0. The topological polar surface area (TPSA) is 66.1 Å². The van der Waals surface area contributed by atoms with Crippen LogP contribution in [0.5, 0.6) is 0 Å². The van der Waals surface area contributed by atoms with Gasteiger partial charge in [-0.1, -0.05) is 13.8 Å². The predicted octanol–water partition coefficient (Wildman–Crippen LogP) is 1.08. The summed E-state index contributed by atoms with van der Waals surface area (Å²) in [6.45, 7) is 4.21. The van der Waals surface area contributed by atoms with Crippen molar-refractivity contribution >= 4 is 11.8 Å². The van der Waals surface area contributed by atoms with E-state index >= 15 is 0 Å². The van der Waals surface area contributed by atoms with E-state index in [2.05, 4.69) is 10.2 Å². The zero-order valence-electron chi connectivity index (χ0n) is 9.49. The zero-order chi connectivity index (χ0) is 11.8. The van der Waals surface area contributed by atoms with Gasteiger partial charge in [0.05, 0.1) is 12.7 Å². The quantitative estimate of drug-likeness (QED) is 0.760. The second-order valence-corrected chi connectivity index (χ2v) is 5.00. The van der Waals surface area contributed by atoms with Gasteiger partial charge in [-0.3, -0.25) is 19.6 Å². The van der Waals surface area contributed by atoms with Gasteiger partial charge in [0.25, 0.3) is 0 Å². The van der Waals surface area contributed by atoms with Crippen molar-refractivity contribution in [1.82, 2.24) is 15.1 Å². The Morgan fingerprint density at radius 2 is 2.00 bits per heavy atom. The van der Waals surface area contributed by atoms with E-state index in [1.54, 1.807) is 12.4 Å². The molecule has 0 radical (unpaired) electrons. The van der Waals surface area contributed by atoms with Crippen LogP contribution in [0.4, 0.5) is 0 Å². The summed E-state index contributed by atoms with van der Waals surface area (Å²) in [7, 11) is 0. The van der Waals surface area contributed by atoms with Gasteiger partial charge in [0.1, 0.15) is 0 Å². The highest BCUT2D eigenvalue weighted by Crippen LogP contribution is 2.31. The van der Waals surface area contributed by atoms with Crippen LogP contribution in [0.25, 0.3) is 0 Å². The molecule has 1 aromatic heterocycles. The minimum absolute atomic E-state index is 0.0950. The van der Waals surface area contributed by atoms with Crippen LogP contribution in [0.15, 0.2) is 12.4 Å². The standard InChI is InChI=1S/C11H15N3O2/c1-11(2)3-9(15)14(10(16)4-11)7-8-5-12-13-6-8/h5-6H,3-4,7H2,1-2H3,(H,12,13). The molecule has 2 amide bonds. The number of carbonyl (C=O) groups excluding carboxylic acids is 2. The molecule has 0 aliphatic carbocycles. The van der Waals surface area contributed by atoms with Gasteiger partial charge in [-0.2, -0.15) is 5.10 Å². The van der Waals surface area contributed by atoms with E-state index in [0.29, 0.717) is 19.4 Å². The Morgan fingerprint density at radius 1 is 1.38 bits per heavy atom. The molecule has 1 fully saturated rings. The lowest BCUT2D eigenvalue weighted by atomic mass is 9.81. The molecule has 2 rings (SSSR count). The van der Waals surface area contributed by atoms with Gasteiger partial charge in [-0.05, 0) is 5.41 Å². The lowest BCUT2D eigenvalue weighted by molar-refractivity contribution is -0.153. The predicted molar refractivity (Wildman–Crippen MR) is 57.2 cm³/mol. The van der Waals surface area contributed by atoms with Crippen LogP contribution < -0.4 is 0 Å². The van der Waals surface area contributed by atoms with Crippen molar-refractivity contribution in [3.8, 4) is 0 Å². The maximum absolute atomic E-state index is 11.8. The van der Waals surface area contributed by atoms with Gasteiger partial charge in [0.2, 0.25) is 11.8 Å². The summed E-state index contributed by atoms with van der Waals surface area (Å²) < 4.78 is 0. The van der Waals surface area contributed by atoms with Crippen molar-refractivity contribution < 1.29 is 9.59 Å². The molecule has 16 heavy (non-hydrogen) atoms. The second kappa shape index (κ2) is 3.73. The first-order valence-corrected chi connectivity index (χ1v) is 5.29. The van der Waals surface area contributed by atoms with Crippen LogP contribution >= 0.6 is 0 Å². The van der Waals surface area contributed by atoms with Crippen LogP contribution in [0.2, 0.25) is 0 Å². The van der Waals surface area contributed by atoms with Crippen LogP contribution in [-0.4, -0.2) is 26.9 Å². The molecule has 0 atom stereocenters. The Labute approximate surface area is 93.8 Å². The van der Waals surface area contributed by atoms with Gasteiger partial charge in [-0.15, -0.1) is 0 Å². The number of amides is 2. The average Bonchev–Trinajstić information content (AvgIpc) is 2.62. The Kier molecular flexibility index (Phi) is 2.53. The number of hydrogen-bond donors (Lipinski definition) is 1.